The number of hydrogen-bond acceptors (Lipinski definition) is 2. The summed E-state index contributed by atoms with van der Waals surface area (Å²) in [4.78, 5) is 0. The fourth-order valence-corrected chi connectivity index (χ4v) is 0.994. The number of rotatable bonds is 3. The van der Waals surface area contributed by atoms with Crippen molar-refractivity contribution in [3.05, 3.63) is 35.6 Å². The maximum Gasteiger partial charge on any atom is 0.118 e. The summed E-state index contributed by atoms with van der Waals surface area (Å²) in [5.74, 6) is 1.76. The molecule has 1 rings (SSSR count). The van der Waals surface area contributed by atoms with Crippen LogP contribution in [0.2, 0.25) is 0 Å². The molecule has 13 heavy (non-hydrogen) atoms. The second kappa shape index (κ2) is 4.55. The molecule has 0 aliphatic rings. The van der Waals surface area contributed by atoms with Crippen LogP contribution >= 0.6 is 0 Å². The molecule has 0 bridgehead atoms. The van der Waals surface area contributed by atoms with Gasteiger partial charge in [0.25, 0.3) is 0 Å². The lowest BCUT2D eigenvalue weighted by Gasteiger charge is -2.01. The van der Waals surface area contributed by atoms with E-state index in [1.165, 1.54) is 0 Å². The van der Waals surface area contributed by atoms with Gasteiger partial charge in [-0.2, -0.15) is 0 Å². The normalized spacial score (nSPS) is 11.2. The molecule has 2 heteroatoms. The van der Waals surface area contributed by atoms with Crippen molar-refractivity contribution in [2.24, 2.45) is 0 Å². The second-order valence-electron chi connectivity index (χ2n) is 2.73. The molecule has 0 fully saturated rings. The van der Waals surface area contributed by atoms with Gasteiger partial charge < -0.3 is 9.47 Å². The average Bonchev–Trinajstić information content (AvgIpc) is 2.19. The van der Waals surface area contributed by atoms with E-state index in [9.17, 15) is 0 Å². The molecule has 0 spiro atoms. The Morgan fingerprint density at radius 2 is 1.77 bits per heavy atom. The quantitative estimate of drug-likeness (QED) is 0.662. The van der Waals surface area contributed by atoms with E-state index in [0.29, 0.717) is 0 Å². The number of ether oxygens (including phenoxy) is 2. The van der Waals surface area contributed by atoms with E-state index < -0.39 is 0 Å². The Hall–Kier alpha value is -1.44. The molecule has 0 atom stereocenters. The van der Waals surface area contributed by atoms with E-state index in [-0.39, 0.29) is 0 Å². The van der Waals surface area contributed by atoms with Crippen molar-refractivity contribution in [1.29, 1.82) is 0 Å². The van der Waals surface area contributed by atoms with Crippen LogP contribution in [0.25, 0.3) is 6.08 Å². The topological polar surface area (TPSA) is 18.5 Å². The summed E-state index contributed by atoms with van der Waals surface area (Å²) in [6.07, 6.45) is 1.97. The molecule has 0 heterocycles. The summed E-state index contributed by atoms with van der Waals surface area (Å²) in [7, 11) is 3.32. The highest BCUT2D eigenvalue weighted by Gasteiger charge is 1.91. The SMILES string of the molecule is CO/C(C)=C\c1ccc(OC)cc1. The maximum absolute atomic E-state index is 5.05. The number of benzene rings is 1. The predicted octanol–water partition coefficient (Wildman–Crippen LogP) is 2.70. The van der Waals surface area contributed by atoms with Crippen LogP contribution in [0.3, 0.4) is 0 Å². The first-order valence-corrected chi connectivity index (χ1v) is 4.12. The van der Waals surface area contributed by atoms with Gasteiger partial charge in [0.1, 0.15) is 5.75 Å². The monoisotopic (exact) mass is 178 g/mol. The van der Waals surface area contributed by atoms with Gasteiger partial charge in [-0.05, 0) is 30.7 Å². The summed E-state index contributed by atoms with van der Waals surface area (Å²) >= 11 is 0. The van der Waals surface area contributed by atoms with Crippen molar-refractivity contribution in [3.8, 4) is 5.75 Å². The lowest BCUT2D eigenvalue weighted by Crippen LogP contribution is -1.83. The first-order chi connectivity index (χ1) is 6.26. The van der Waals surface area contributed by atoms with Crippen LogP contribution < -0.4 is 4.74 Å². The van der Waals surface area contributed by atoms with E-state index in [4.69, 9.17) is 9.47 Å². The molecule has 0 radical (unpaired) electrons. The van der Waals surface area contributed by atoms with Crippen LogP contribution in [0.5, 0.6) is 5.75 Å². The lowest BCUT2D eigenvalue weighted by molar-refractivity contribution is 0.297. The van der Waals surface area contributed by atoms with Gasteiger partial charge in [-0.1, -0.05) is 12.1 Å². The molecular weight excluding hydrogens is 164 g/mol. The van der Waals surface area contributed by atoms with Crippen molar-refractivity contribution >= 4 is 6.08 Å². The van der Waals surface area contributed by atoms with E-state index in [1.807, 2.05) is 37.3 Å². The number of allylic oxidation sites excluding steroid dienone is 1. The van der Waals surface area contributed by atoms with Gasteiger partial charge in [-0.25, -0.2) is 0 Å². The molecule has 0 aromatic heterocycles. The average molecular weight is 178 g/mol. The first-order valence-electron chi connectivity index (χ1n) is 4.12. The van der Waals surface area contributed by atoms with Crippen LogP contribution in [0.15, 0.2) is 30.0 Å². The van der Waals surface area contributed by atoms with Crippen LogP contribution in [0.4, 0.5) is 0 Å². The Bertz CT molecular complexity index is 285. The van der Waals surface area contributed by atoms with Gasteiger partial charge in [-0.3, -0.25) is 0 Å². The largest absolute Gasteiger partial charge is 0.501 e. The molecule has 1 aromatic carbocycles. The van der Waals surface area contributed by atoms with Gasteiger partial charge >= 0.3 is 0 Å². The zero-order valence-corrected chi connectivity index (χ0v) is 8.20. The van der Waals surface area contributed by atoms with Crippen LogP contribution in [-0.2, 0) is 4.74 Å². The van der Waals surface area contributed by atoms with Gasteiger partial charge in [0.2, 0.25) is 0 Å². The molecule has 0 saturated carbocycles. The zero-order chi connectivity index (χ0) is 9.68. The molecule has 0 N–H and O–H groups in total. The fourth-order valence-electron chi connectivity index (χ4n) is 0.994. The number of methoxy groups -OCH3 is 2. The van der Waals surface area contributed by atoms with Gasteiger partial charge in [0.05, 0.1) is 20.0 Å². The summed E-state index contributed by atoms with van der Waals surface area (Å²) < 4.78 is 10.1. The zero-order valence-electron chi connectivity index (χ0n) is 8.20. The minimum Gasteiger partial charge on any atom is -0.501 e. The van der Waals surface area contributed by atoms with Gasteiger partial charge in [0, 0.05) is 0 Å². The molecule has 0 saturated heterocycles. The molecule has 0 unspecified atom stereocenters. The number of hydrogen-bond donors (Lipinski definition) is 0. The summed E-state index contributed by atoms with van der Waals surface area (Å²) in [5.41, 5.74) is 1.11. The predicted molar refractivity (Wildman–Crippen MR) is 53.7 cm³/mol. The maximum atomic E-state index is 5.05. The Balaban J connectivity index is 2.80. The molecule has 0 aliphatic heterocycles. The Kier molecular flexibility index (Phi) is 3.38. The standard InChI is InChI=1S/C11H14O2/c1-9(12-2)8-10-4-6-11(13-3)7-5-10/h4-8H,1-3H3/b9-8-. The molecule has 70 valence electrons. The fraction of sp³-hybridized carbons (Fsp3) is 0.273. The first kappa shape index (κ1) is 9.65. The minimum atomic E-state index is 0.868. The van der Waals surface area contributed by atoms with Crippen molar-refractivity contribution in [2.45, 2.75) is 6.92 Å². The van der Waals surface area contributed by atoms with E-state index >= 15 is 0 Å². The third-order valence-corrected chi connectivity index (χ3v) is 1.81. The summed E-state index contributed by atoms with van der Waals surface area (Å²) in [6.45, 7) is 1.92. The molecule has 0 aliphatic carbocycles. The van der Waals surface area contributed by atoms with Gasteiger partial charge in [0.15, 0.2) is 0 Å². The molecule has 2 nitrogen and oxygen atoms in total. The Labute approximate surface area is 78.8 Å². The van der Waals surface area contributed by atoms with E-state index in [2.05, 4.69) is 0 Å². The van der Waals surface area contributed by atoms with E-state index in [1.54, 1.807) is 14.2 Å². The Morgan fingerprint density at radius 1 is 1.15 bits per heavy atom. The second-order valence-corrected chi connectivity index (χ2v) is 2.73. The van der Waals surface area contributed by atoms with Crippen LogP contribution in [-0.4, -0.2) is 14.2 Å². The molecule has 0 amide bonds. The van der Waals surface area contributed by atoms with Crippen molar-refractivity contribution < 1.29 is 9.47 Å². The van der Waals surface area contributed by atoms with Crippen molar-refractivity contribution in [3.63, 3.8) is 0 Å². The Morgan fingerprint density at radius 3 is 2.23 bits per heavy atom. The third kappa shape index (κ3) is 2.82. The summed E-state index contributed by atoms with van der Waals surface area (Å²) in [6, 6.07) is 7.83. The highest BCUT2D eigenvalue weighted by atomic mass is 16.5. The van der Waals surface area contributed by atoms with Crippen molar-refractivity contribution in [2.75, 3.05) is 14.2 Å². The van der Waals surface area contributed by atoms with Crippen molar-refractivity contribution in [1.82, 2.24) is 0 Å². The lowest BCUT2D eigenvalue weighted by atomic mass is 10.2. The molecule has 1 aromatic rings. The summed E-state index contributed by atoms with van der Waals surface area (Å²) in [5, 5.41) is 0. The molecular formula is C11H14O2. The smallest absolute Gasteiger partial charge is 0.118 e. The minimum absolute atomic E-state index is 0.868. The van der Waals surface area contributed by atoms with Crippen LogP contribution in [0.1, 0.15) is 12.5 Å². The highest BCUT2D eigenvalue weighted by Crippen LogP contribution is 2.13. The third-order valence-electron chi connectivity index (χ3n) is 1.81. The van der Waals surface area contributed by atoms with Gasteiger partial charge in [-0.15, -0.1) is 0 Å². The van der Waals surface area contributed by atoms with E-state index in [0.717, 1.165) is 17.1 Å². The highest BCUT2D eigenvalue weighted by molar-refractivity contribution is 5.51. The van der Waals surface area contributed by atoms with Crippen LogP contribution in [0, 0.1) is 0 Å².